The van der Waals surface area contributed by atoms with Gasteiger partial charge in [0.25, 0.3) is 5.91 Å². The first kappa shape index (κ1) is 21.2. The number of nitrogens with zero attached hydrogens (tertiary/aromatic N) is 4. The SMILES string of the molecule is COc1ncc(NC(=O)C(=O)N2CC(C)CCC2c2cnc3[nH]ncc3c2)cc1C(N)=O. The number of ether oxygens (including phenoxy) is 1. The third-order valence-corrected chi connectivity index (χ3v) is 5.54. The number of nitrogens with two attached hydrogens (primary N) is 1. The number of likely N-dealkylation sites (tertiary alicyclic amines) is 1. The van der Waals surface area contributed by atoms with Gasteiger partial charge in [0.1, 0.15) is 5.56 Å². The largest absolute Gasteiger partial charge is 0.480 e. The van der Waals surface area contributed by atoms with E-state index in [9.17, 15) is 14.4 Å². The zero-order valence-electron chi connectivity index (χ0n) is 17.7. The third-order valence-electron chi connectivity index (χ3n) is 5.54. The van der Waals surface area contributed by atoms with Crippen molar-refractivity contribution in [3.63, 3.8) is 0 Å². The van der Waals surface area contributed by atoms with Gasteiger partial charge in [0.15, 0.2) is 5.65 Å². The maximum Gasteiger partial charge on any atom is 0.313 e. The average molecular weight is 437 g/mol. The topological polar surface area (TPSA) is 156 Å². The molecule has 4 heterocycles. The summed E-state index contributed by atoms with van der Waals surface area (Å²) in [6.07, 6.45) is 6.30. The lowest BCUT2D eigenvalue weighted by Crippen LogP contribution is -2.46. The molecule has 1 aliphatic rings. The number of aromatic amines is 1. The van der Waals surface area contributed by atoms with Crippen LogP contribution in [0.4, 0.5) is 5.69 Å². The molecular formula is C21H23N7O4. The van der Waals surface area contributed by atoms with Crippen LogP contribution in [-0.2, 0) is 9.59 Å². The van der Waals surface area contributed by atoms with Gasteiger partial charge in [0, 0.05) is 18.1 Å². The van der Waals surface area contributed by atoms with Crippen LogP contribution in [0.25, 0.3) is 11.0 Å². The van der Waals surface area contributed by atoms with Gasteiger partial charge in [0.2, 0.25) is 5.88 Å². The molecule has 0 radical (unpaired) electrons. The van der Waals surface area contributed by atoms with Gasteiger partial charge in [-0.3, -0.25) is 19.5 Å². The van der Waals surface area contributed by atoms with E-state index in [2.05, 4.69) is 25.5 Å². The molecule has 11 heteroatoms. The Morgan fingerprint density at radius 1 is 1.19 bits per heavy atom. The molecule has 32 heavy (non-hydrogen) atoms. The van der Waals surface area contributed by atoms with Crippen LogP contribution in [0.2, 0.25) is 0 Å². The maximum atomic E-state index is 13.1. The fourth-order valence-electron chi connectivity index (χ4n) is 3.93. The van der Waals surface area contributed by atoms with Crippen LogP contribution >= 0.6 is 0 Å². The molecule has 0 bridgehead atoms. The molecule has 1 aliphatic heterocycles. The number of methoxy groups -OCH3 is 1. The Bertz CT molecular complexity index is 1190. The van der Waals surface area contributed by atoms with E-state index in [4.69, 9.17) is 10.5 Å². The molecule has 0 saturated carbocycles. The summed E-state index contributed by atoms with van der Waals surface area (Å²) >= 11 is 0. The normalized spacial score (nSPS) is 18.4. The van der Waals surface area contributed by atoms with Gasteiger partial charge in [0.05, 0.1) is 31.2 Å². The molecule has 1 saturated heterocycles. The number of hydrogen-bond acceptors (Lipinski definition) is 7. The van der Waals surface area contributed by atoms with Crippen LogP contribution in [0.1, 0.15) is 41.7 Å². The molecule has 2 unspecified atom stereocenters. The smallest absolute Gasteiger partial charge is 0.313 e. The summed E-state index contributed by atoms with van der Waals surface area (Å²) in [5.74, 6) is -1.98. The molecule has 11 nitrogen and oxygen atoms in total. The fourth-order valence-corrected chi connectivity index (χ4v) is 3.93. The Morgan fingerprint density at radius 3 is 2.75 bits per heavy atom. The summed E-state index contributed by atoms with van der Waals surface area (Å²) < 4.78 is 5.00. The number of carbonyl (C=O) groups excluding carboxylic acids is 3. The van der Waals surface area contributed by atoms with E-state index in [-0.39, 0.29) is 29.1 Å². The lowest BCUT2D eigenvalue weighted by molar-refractivity contribution is -0.146. The molecule has 3 aromatic rings. The zero-order valence-corrected chi connectivity index (χ0v) is 17.7. The molecular weight excluding hydrogens is 414 g/mol. The van der Waals surface area contributed by atoms with Crippen molar-refractivity contribution in [1.29, 1.82) is 0 Å². The van der Waals surface area contributed by atoms with E-state index in [1.165, 1.54) is 19.4 Å². The summed E-state index contributed by atoms with van der Waals surface area (Å²) in [6.45, 7) is 2.48. The van der Waals surface area contributed by atoms with E-state index >= 15 is 0 Å². The minimum Gasteiger partial charge on any atom is -0.480 e. The van der Waals surface area contributed by atoms with Gasteiger partial charge in [-0.1, -0.05) is 6.92 Å². The number of amides is 3. The van der Waals surface area contributed by atoms with Gasteiger partial charge in [-0.2, -0.15) is 5.10 Å². The Morgan fingerprint density at radius 2 is 2.00 bits per heavy atom. The highest BCUT2D eigenvalue weighted by Gasteiger charge is 2.34. The van der Waals surface area contributed by atoms with Crippen molar-refractivity contribution < 1.29 is 19.1 Å². The quantitative estimate of drug-likeness (QED) is 0.521. The average Bonchev–Trinajstić information content (AvgIpc) is 3.26. The monoisotopic (exact) mass is 437 g/mol. The number of nitrogens with one attached hydrogen (secondary N) is 2. The maximum absolute atomic E-state index is 13.1. The standard InChI is InChI=1S/C21H23N7O4/c1-11-3-4-16(12-5-13-8-25-27-18(13)23-7-12)28(10-11)21(31)19(30)26-14-6-15(17(22)29)20(32-2)24-9-14/h5-9,11,16H,3-4,10H2,1-2H3,(H2,22,29)(H,26,30)(H,23,25,27). The first-order valence-electron chi connectivity index (χ1n) is 10.1. The molecule has 0 aliphatic carbocycles. The highest BCUT2D eigenvalue weighted by Crippen LogP contribution is 2.34. The van der Waals surface area contributed by atoms with Gasteiger partial charge >= 0.3 is 11.8 Å². The molecule has 0 aromatic carbocycles. The minimum absolute atomic E-state index is 0.00158. The lowest BCUT2D eigenvalue weighted by atomic mass is 9.90. The summed E-state index contributed by atoms with van der Waals surface area (Å²) in [5, 5.41) is 10.1. The molecule has 2 atom stereocenters. The van der Waals surface area contributed by atoms with E-state index in [1.807, 2.05) is 13.0 Å². The number of fused-ring (bicyclic) bond motifs is 1. The molecule has 4 N–H and O–H groups in total. The number of aromatic nitrogens is 4. The molecule has 1 fully saturated rings. The number of primary amides is 1. The fraction of sp³-hybridized carbons (Fsp3) is 0.333. The van der Waals surface area contributed by atoms with Crippen LogP contribution in [0.5, 0.6) is 5.88 Å². The number of pyridine rings is 2. The van der Waals surface area contributed by atoms with Crippen LogP contribution in [0.15, 0.2) is 30.7 Å². The predicted octanol–water partition coefficient (Wildman–Crippen LogP) is 1.40. The summed E-state index contributed by atoms with van der Waals surface area (Å²) in [5.41, 5.74) is 7.01. The number of piperidine rings is 1. The van der Waals surface area contributed by atoms with E-state index in [0.717, 1.165) is 17.4 Å². The van der Waals surface area contributed by atoms with Crippen molar-refractivity contribution in [1.82, 2.24) is 25.1 Å². The lowest BCUT2D eigenvalue weighted by Gasteiger charge is -2.38. The van der Waals surface area contributed by atoms with Crippen LogP contribution in [0.3, 0.4) is 0 Å². The first-order chi connectivity index (χ1) is 15.4. The van der Waals surface area contributed by atoms with Gasteiger partial charge in [-0.05, 0) is 36.5 Å². The second-order valence-electron chi connectivity index (χ2n) is 7.83. The number of carbonyl (C=O) groups is 3. The summed E-state index contributed by atoms with van der Waals surface area (Å²) in [7, 11) is 1.35. The van der Waals surface area contributed by atoms with Crippen LogP contribution in [-0.4, -0.2) is 56.4 Å². The van der Waals surface area contributed by atoms with Crippen molar-refractivity contribution in [3.05, 3.63) is 41.9 Å². The van der Waals surface area contributed by atoms with E-state index in [1.54, 1.807) is 17.3 Å². The number of rotatable bonds is 4. The number of hydrogen-bond donors (Lipinski definition) is 3. The zero-order chi connectivity index (χ0) is 22.8. The van der Waals surface area contributed by atoms with Crippen molar-refractivity contribution in [3.8, 4) is 5.88 Å². The third kappa shape index (κ3) is 4.09. The summed E-state index contributed by atoms with van der Waals surface area (Å²) in [6, 6.07) is 2.97. The van der Waals surface area contributed by atoms with Crippen LogP contribution in [0, 0.1) is 5.92 Å². The van der Waals surface area contributed by atoms with Crippen molar-refractivity contribution >= 4 is 34.4 Å². The van der Waals surface area contributed by atoms with E-state index < -0.39 is 17.7 Å². The van der Waals surface area contributed by atoms with Gasteiger partial charge in [-0.15, -0.1) is 0 Å². The Hall–Kier alpha value is -4.02. The Labute approximate surface area is 183 Å². The van der Waals surface area contributed by atoms with Crippen molar-refractivity contribution in [2.45, 2.75) is 25.8 Å². The minimum atomic E-state index is -0.830. The van der Waals surface area contributed by atoms with Crippen LogP contribution < -0.4 is 15.8 Å². The van der Waals surface area contributed by atoms with Crippen molar-refractivity contribution in [2.24, 2.45) is 11.7 Å². The van der Waals surface area contributed by atoms with Crippen molar-refractivity contribution in [2.75, 3.05) is 19.0 Å². The Balaban J connectivity index is 1.57. The van der Waals surface area contributed by atoms with Gasteiger partial charge < -0.3 is 20.7 Å². The first-order valence-corrected chi connectivity index (χ1v) is 10.1. The molecule has 166 valence electrons. The molecule has 0 spiro atoms. The van der Waals surface area contributed by atoms with Gasteiger partial charge in [-0.25, -0.2) is 9.97 Å². The Kier molecular flexibility index (Phi) is 5.71. The highest BCUT2D eigenvalue weighted by atomic mass is 16.5. The predicted molar refractivity (Wildman–Crippen MR) is 115 cm³/mol. The second kappa shape index (κ2) is 8.61. The number of anilines is 1. The second-order valence-corrected chi connectivity index (χ2v) is 7.83. The highest BCUT2D eigenvalue weighted by molar-refractivity contribution is 6.39. The molecule has 4 rings (SSSR count). The van der Waals surface area contributed by atoms with E-state index in [0.29, 0.717) is 18.6 Å². The summed E-state index contributed by atoms with van der Waals surface area (Å²) in [4.78, 5) is 47.4. The molecule has 3 aromatic heterocycles. The number of H-pyrrole nitrogens is 1. The molecule has 3 amide bonds.